The largest absolute Gasteiger partial charge is 0.494 e. The molecule has 1 aliphatic heterocycles. The number of rotatable bonds is 8. The molecule has 2 aliphatic rings. The molecule has 0 unspecified atom stereocenters. The average Bonchev–Trinajstić information content (AvgIpc) is 2.92. The number of hydrogen-bond acceptors (Lipinski definition) is 5. The first-order chi connectivity index (χ1) is 17.6. The van der Waals surface area contributed by atoms with Gasteiger partial charge in [-0.05, 0) is 75.8 Å². The van der Waals surface area contributed by atoms with Crippen LogP contribution in [0.5, 0.6) is 5.75 Å². The van der Waals surface area contributed by atoms with Crippen molar-refractivity contribution in [2.75, 3.05) is 24.7 Å². The fraction of sp³-hybridized carbons (Fsp3) is 0.400. The summed E-state index contributed by atoms with van der Waals surface area (Å²) in [5, 5.41) is 0. The van der Waals surface area contributed by atoms with Crippen molar-refractivity contribution in [2.45, 2.75) is 59.0 Å². The van der Waals surface area contributed by atoms with Crippen molar-refractivity contribution < 1.29 is 4.74 Å². The molecule has 0 spiro atoms. The van der Waals surface area contributed by atoms with Crippen molar-refractivity contribution in [1.29, 1.82) is 0 Å². The zero-order valence-electron chi connectivity index (χ0n) is 21.4. The molecule has 0 amide bonds. The maximum atomic E-state index is 13.8. The van der Waals surface area contributed by atoms with Gasteiger partial charge in [-0.2, -0.15) is 0 Å². The Kier molecular flexibility index (Phi) is 7.52. The van der Waals surface area contributed by atoms with E-state index in [4.69, 9.17) is 9.72 Å². The minimum Gasteiger partial charge on any atom is -0.494 e. The van der Waals surface area contributed by atoms with Crippen LogP contribution in [0, 0.1) is 6.92 Å². The molecule has 36 heavy (non-hydrogen) atoms. The Hall–Kier alpha value is -3.38. The van der Waals surface area contributed by atoms with E-state index in [0.717, 1.165) is 41.2 Å². The summed E-state index contributed by atoms with van der Waals surface area (Å²) in [7, 11) is 0. The molecule has 188 valence electrons. The van der Waals surface area contributed by atoms with Crippen LogP contribution in [0.3, 0.4) is 0 Å². The SMILES string of the molecule is CCOc1ccc(N2CN(CCC3=CCCCC3)Cn3c2nc(C)c(Cc2ccccc2)c3=O)cc1. The number of ether oxygens (including phenoxy) is 1. The Balaban J connectivity index is 1.49. The van der Waals surface area contributed by atoms with Gasteiger partial charge in [-0.3, -0.25) is 19.2 Å². The van der Waals surface area contributed by atoms with Crippen LogP contribution >= 0.6 is 0 Å². The molecular weight excluding hydrogens is 448 g/mol. The molecule has 6 heteroatoms. The van der Waals surface area contributed by atoms with Crippen LogP contribution in [0.15, 0.2) is 71.0 Å². The van der Waals surface area contributed by atoms with E-state index in [1.165, 1.54) is 25.7 Å². The highest BCUT2D eigenvalue weighted by molar-refractivity contribution is 5.59. The number of aryl methyl sites for hydroxylation is 1. The monoisotopic (exact) mass is 484 g/mol. The van der Waals surface area contributed by atoms with Gasteiger partial charge >= 0.3 is 0 Å². The number of benzene rings is 2. The summed E-state index contributed by atoms with van der Waals surface area (Å²) in [6.07, 6.45) is 9.05. The Morgan fingerprint density at radius 1 is 1.00 bits per heavy atom. The van der Waals surface area contributed by atoms with Crippen LogP contribution in [0.4, 0.5) is 11.6 Å². The van der Waals surface area contributed by atoms with Crippen LogP contribution in [-0.4, -0.2) is 34.3 Å². The lowest BCUT2D eigenvalue weighted by atomic mass is 9.97. The molecule has 3 aromatic rings. The second kappa shape index (κ2) is 11.1. The number of fused-ring (bicyclic) bond motifs is 1. The third kappa shape index (κ3) is 5.39. The molecule has 1 aromatic heterocycles. The topological polar surface area (TPSA) is 50.6 Å². The number of hydrogen-bond donors (Lipinski definition) is 0. The first-order valence-electron chi connectivity index (χ1n) is 13.2. The maximum Gasteiger partial charge on any atom is 0.259 e. The van der Waals surface area contributed by atoms with Gasteiger partial charge in [-0.15, -0.1) is 0 Å². The summed E-state index contributed by atoms with van der Waals surface area (Å²) in [6.45, 7) is 6.76. The molecule has 0 saturated heterocycles. The summed E-state index contributed by atoms with van der Waals surface area (Å²) in [6, 6.07) is 18.3. The zero-order valence-corrected chi connectivity index (χ0v) is 21.4. The third-order valence-corrected chi connectivity index (χ3v) is 7.19. The van der Waals surface area contributed by atoms with Crippen LogP contribution < -0.4 is 15.2 Å². The van der Waals surface area contributed by atoms with Gasteiger partial charge in [0.2, 0.25) is 5.95 Å². The van der Waals surface area contributed by atoms with Crippen molar-refractivity contribution in [3.05, 3.63) is 93.4 Å². The Labute approximate surface area is 213 Å². The van der Waals surface area contributed by atoms with Crippen molar-refractivity contribution in [3.8, 4) is 5.75 Å². The highest BCUT2D eigenvalue weighted by Crippen LogP contribution is 2.30. The lowest BCUT2D eigenvalue weighted by Gasteiger charge is -2.38. The Morgan fingerprint density at radius 2 is 1.81 bits per heavy atom. The minimum atomic E-state index is 0.0545. The molecule has 6 nitrogen and oxygen atoms in total. The van der Waals surface area contributed by atoms with Crippen molar-refractivity contribution >= 4 is 11.6 Å². The number of nitrogens with zero attached hydrogens (tertiary/aromatic N) is 4. The standard InChI is InChI=1S/C30H36N4O2/c1-3-36-27-16-14-26(15-17-27)33-21-32(19-18-24-10-6-4-7-11-24)22-34-29(35)28(23(2)31-30(33)34)20-25-12-8-5-9-13-25/h5,8-10,12-17H,3-4,6-7,11,18-22H2,1-2H3. The van der Waals surface area contributed by atoms with Crippen LogP contribution in [0.2, 0.25) is 0 Å². The van der Waals surface area contributed by atoms with Gasteiger partial charge < -0.3 is 4.74 Å². The van der Waals surface area contributed by atoms with E-state index in [1.807, 2.05) is 48.7 Å². The van der Waals surface area contributed by atoms with Gasteiger partial charge in [0, 0.05) is 24.2 Å². The number of aromatic nitrogens is 2. The average molecular weight is 485 g/mol. The lowest BCUT2D eigenvalue weighted by molar-refractivity contribution is 0.199. The summed E-state index contributed by atoms with van der Waals surface area (Å²) in [5.41, 5.74) is 5.31. The van der Waals surface area contributed by atoms with E-state index in [-0.39, 0.29) is 5.56 Å². The van der Waals surface area contributed by atoms with Crippen LogP contribution in [-0.2, 0) is 13.1 Å². The van der Waals surface area contributed by atoms with Gasteiger partial charge in [0.15, 0.2) is 0 Å². The smallest absolute Gasteiger partial charge is 0.259 e. The van der Waals surface area contributed by atoms with E-state index < -0.39 is 0 Å². The maximum absolute atomic E-state index is 13.8. The van der Waals surface area contributed by atoms with E-state index in [0.29, 0.717) is 32.3 Å². The third-order valence-electron chi connectivity index (χ3n) is 7.19. The molecule has 0 fully saturated rings. The first kappa shape index (κ1) is 24.3. The van der Waals surface area contributed by atoms with Crippen LogP contribution in [0.25, 0.3) is 0 Å². The molecule has 0 N–H and O–H groups in total. The lowest BCUT2D eigenvalue weighted by Crippen LogP contribution is -2.48. The van der Waals surface area contributed by atoms with Gasteiger partial charge in [0.25, 0.3) is 5.56 Å². The second-order valence-corrected chi connectivity index (χ2v) is 9.76. The van der Waals surface area contributed by atoms with Gasteiger partial charge in [0.1, 0.15) is 5.75 Å². The summed E-state index contributed by atoms with van der Waals surface area (Å²) < 4.78 is 7.51. The summed E-state index contributed by atoms with van der Waals surface area (Å²) in [4.78, 5) is 23.4. The quantitative estimate of drug-likeness (QED) is 0.378. The molecule has 5 rings (SSSR count). The zero-order chi connectivity index (χ0) is 24.9. The molecule has 0 atom stereocenters. The minimum absolute atomic E-state index is 0.0545. The number of anilines is 2. The second-order valence-electron chi connectivity index (χ2n) is 9.76. The molecule has 2 aromatic carbocycles. The van der Waals surface area contributed by atoms with Crippen molar-refractivity contribution in [2.24, 2.45) is 0 Å². The van der Waals surface area contributed by atoms with E-state index in [9.17, 15) is 4.79 Å². The molecular formula is C30H36N4O2. The molecule has 2 heterocycles. The number of allylic oxidation sites excluding steroid dienone is 1. The summed E-state index contributed by atoms with van der Waals surface area (Å²) in [5.74, 6) is 1.56. The van der Waals surface area contributed by atoms with Gasteiger partial charge in [0.05, 0.1) is 25.6 Å². The molecule has 0 radical (unpaired) electrons. The van der Waals surface area contributed by atoms with Crippen LogP contribution in [0.1, 0.15) is 55.8 Å². The highest BCUT2D eigenvalue weighted by Gasteiger charge is 2.28. The Bertz CT molecular complexity index is 1260. The molecule has 0 bridgehead atoms. The fourth-order valence-corrected chi connectivity index (χ4v) is 5.19. The van der Waals surface area contributed by atoms with Crippen molar-refractivity contribution in [1.82, 2.24) is 14.5 Å². The first-order valence-corrected chi connectivity index (χ1v) is 13.2. The van der Waals surface area contributed by atoms with Gasteiger partial charge in [-0.1, -0.05) is 42.0 Å². The predicted octanol–water partition coefficient (Wildman–Crippen LogP) is 5.80. The normalized spacial score (nSPS) is 15.9. The predicted molar refractivity (Wildman–Crippen MR) is 145 cm³/mol. The van der Waals surface area contributed by atoms with E-state index >= 15 is 0 Å². The molecule has 0 saturated carbocycles. The summed E-state index contributed by atoms with van der Waals surface area (Å²) >= 11 is 0. The Morgan fingerprint density at radius 3 is 2.53 bits per heavy atom. The van der Waals surface area contributed by atoms with Crippen molar-refractivity contribution in [3.63, 3.8) is 0 Å². The van der Waals surface area contributed by atoms with E-state index in [1.54, 1.807) is 5.57 Å². The highest BCUT2D eigenvalue weighted by atomic mass is 16.5. The fourth-order valence-electron chi connectivity index (χ4n) is 5.19. The van der Waals surface area contributed by atoms with E-state index in [2.05, 4.69) is 40.1 Å². The molecule has 1 aliphatic carbocycles. The van der Waals surface area contributed by atoms with Gasteiger partial charge in [-0.25, -0.2) is 4.98 Å².